The number of aromatic amines is 1. The van der Waals surface area contributed by atoms with Crippen molar-refractivity contribution in [2.75, 3.05) is 0 Å². The van der Waals surface area contributed by atoms with Gasteiger partial charge in [0.15, 0.2) is 11.6 Å². The summed E-state index contributed by atoms with van der Waals surface area (Å²) in [5.41, 5.74) is -0.768. The molecule has 82 valence electrons. The maximum atomic E-state index is 13.4. The minimum atomic E-state index is -1.14. The molecule has 0 aliphatic rings. The Morgan fingerprint density at radius 2 is 2.12 bits per heavy atom. The van der Waals surface area contributed by atoms with Crippen LogP contribution < -0.4 is 0 Å². The molecule has 1 N–H and O–H groups in total. The summed E-state index contributed by atoms with van der Waals surface area (Å²) in [4.78, 5) is 9.86. The molecule has 0 aliphatic carbocycles. The van der Waals surface area contributed by atoms with Crippen molar-refractivity contribution in [2.24, 2.45) is 0 Å². The fourth-order valence-electron chi connectivity index (χ4n) is 1.31. The van der Waals surface area contributed by atoms with Crippen LogP contribution in [0.4, 0.5) is 14.5 Å². The van der Waals surface area contributed by atoms with Gasteiger partial charge in [0.2, 0.25) is 0 Å². The van der Waals surface area contributed by atoms with Crippen LogP contribution in [0.25, 0.3) is 11.3 Å². The van der Waals surface area contributed by atoms with Crippen LogP contribution in [0, 0.1) is 21.7 Å². The molecule has 0 fully saturated rings. The van der Waals surface area contributed by atoms with Crippen LogP contribution in [0.5, 0.6) is 0 Å². The van der Waals surface area contributed by atoms with E-state index in [-0.39, 0.29) is 11.3 Å². The molecule has 1 heterocycles. The molecule has 0 aliphatic heterocycles. The predicted molar refractivity (Wildman–Crippen MR) is 50.6 cm³/mol. The smallest absolute Gasteiger partial charge is 0.271 e. The molecule has 0 atom stereocenters. The van der Waals surface area contributed by atoms with Crippen LogP contribution in [-0.2, 0) is 0 Å². The van der Waals surface area contributed by atoms with Crippen LogP contribution in [0.15, 0.2) is 24.4 Å². The summed E-state index contributed by atoms with van der Waals surface area (Å²) in [6.45, 7) is 0. The van der Waals surface area contributed by atoms with Crippen LogP contribution in [0.1, 0.15) is 0 Å². The van der Waals surface area contributed by atoms with Gasteiger partial charge in [0.1, 0.15) is 11.9 Å². The lowest BCUT2D eigenvalue weighted by atomic mass is 10.1. The predicted octanol–water partition coefficient (Wildman–Crippen LogP) is 2.26. The van der Waals surface area contributed by atoms with Gasteiger partial charge in [-0.25, -0.2) is 8.78 Å². The number of hydrogen-bond acceptors (Lipinski definition) is 3. The van der Waals surface area contributed by atoms with Crippen molar-refractivity contribution >= 4 is 5.69 Å². The molecule has 0 saturated heterocycles. The Hall–Kier alpha value is -2.31. The molecule has 0 radical (unpaired) electrons. The molecular formula is C9H5F2N3O2. The molecule has 0 saturated carbocycles. The number of halogens is 2. The van der Waals surface area contributed by atoms with Gasteiger partial charge in [0.05, 0.1) is 4.92 Å². The highest BCUT2D eigenvalue weighted by Crippen LogP contribution is 2.29. The first-order chi connectivity index (χ1) is 7.61. The van der Waals surface area contributed by atoms with E-state index >= 15 is 0 Å². The minimum Gasteiger partial charge on any atom is -0.271 e. The number of rotatable bonds is 2. The van der Waals surface area contributed by atoms with E-state index in [9.17, 15) is 18.9 Å². The van der Waals surface area contributed by atoms with Crippen molar-refractivity contribution in [3.05, 3.63) is 46.1 Å². The Balaban J connectivity index is 2.63. The molecule has 5 nitrogen and oxygen atoms in total. The van der Waals surface area contributed by atoms with Gasteiger partial charge in [-0.3, -0.25) is 15.2 Å². The molecule has 2 rings (SSSR count). The molecule has 0 amide bonds. The highest BCUT2D eigenvalue weighted by atomic mass is 19.2. The zero-order valence-electron chi connectivity index (χ0n) is 7.78. The van der Waals surface area contributed by atoms with Gasteiger partial charge in [-0.05, 0) is 12.1 Å². The van der Waals surface area contributed by atoms with Crippen molar-refractivity contribution in [3.8, 4) is 11.3 Å². The number of aromatic nitrogens is 2. The lowest BCUT2D eigenvalue weighted by Gasteiger charge is -2.00. The van der Waals surface area contributed by atoms with E-state index in [1.807, 2.05) is 0 Å². The van der Waals surface area contributed by atoms with Crippen LogP contribution in [0.3, 0.4) is 0 Å². The maximum Gasteiger partial charge on any atom is 0.314 e. The van der Waals surface area contributed by atoms with E-state index in [1.165, 1.54) is 12.1 Å². The van der Waals surface area contributed by atoms with E-state index in [0.717, 1.165) is 12.3 Å². The molecule has 1 aromatic heterocycles. The van der Waals surface area contributed by atoms with Gasteiger partial charge in [-0.2, -0.15) is 5.10 Å². The van der Waals surface area contributed by atoms with Gasteiger partial charge in [-0.1, -0.05) is 6.07 Å². The number of hydrogen-bond donors (Lipinski definition) is 1. The third-order valence-electron chi connectivity index (χ3n) is 2.04. The average Bonchev–Trinajstić information content (AvgIpc) is 2.70. The Kier molecular flexibility index (Phi) is 2.35. The third kappa shape index (κ3) is 1.52. The number of benzene rings is 1. The quantitative estimate of drug-likeness (QED) is 0.629. The number of H-pyrrole nitrogens is 1. The lowest BCUT2D eigenvalue weighted by molar-refractivity contribution is -0.384. The van der Waals surface area contributed by atoms with Crippen molar-refractivity contribution in [2.45, 2.75) is 0 Å². The molecule has 16 heavy (non-hydrogen) atoms. The minimum absolute atomic E-state index is 0.151. The van der Waals surface area contributed by atoms with E-state index < -0.39 is 22.2 Å². The van der Waals surface area contributed by atoms with Gasteiger partial charge in [-0.15, -0.1) is 0 Å². The van der Waals surface area contributed by atoms with Crippen LogP contribution in [0.2, 0.25) is 0 Å². The number of nitro groups is 1. The van der Waals surface area contributed by atoms with Gasteiger partial charge in [0.25, 0.3) is 0 Å². The molecule has 2 aromatic rings. The molecule has 1 aromatic carbocycles. The van der Waals surface area contributed by atoms with Gasteiger partial charge in [0, 0.05) is 5.56 Å². The highest BCUT2D eigenvalue weighted by Gasteiger charge is 2.21. The average molecular weight is 225 g/mol. The Labute approximate surface area is 87.9 Å². The Morgan fingerprint density at radius 1 is 1.38 bits per heavy atom. The monoisotopic (exact) mass is 225 g/mol. The highest BCUT2D eigenvalue weighted by molar-refractivity contribution is 5.69. The van der Waals surface area contributed by atoms with Crippen LogP contribution in [-0.4, -0.2) is 15.1 Å². The van der Waals surface area contributed by atoms with Crippen molar-refractivity contribution in [1.29, 1.82) is 0 Å². The molecular weight excluding hydrogens is 220 g/mol. The second kappa shape index (κ2) is 3.69. The summed E-state index contributed by atoms with van der Waals surface area (Å²) in [6.07, 6.45) is 0.944. The SMILES string of the molecule is O=[N+]([O-])c1cn[nH]c1-c1cccc(F)c1F. The molecule has 7 heteroatoms. The zero-order valence-corrected chi connectivity index (χ0v) is 7.78. The van der Waals surface area contributed by atoms with E-state index in [0.29, 0.717) is 0 Å². The summed E-state index contributed by atoms with van der Waals surface area (Å²) >= 11 is 0. The van der Waals surface area contributed by atoms with Crippen molar-refractivity contribution in [3.63, 3.8) is 0 Å². The maximum absolute atomic E-state index is 13.4. The Bertz CT molecular complexity index is 553. The van der Waals surface area contributed by atoms with Crippen molar-refractivity contribution < 1.29 is 13.7 Å². The molecule has 0 bridgehead atoms. The summed E-state index contributed by atoms with van der Waals surface area (Å²) in [5.74, 6) is -2.21. The summed E-state index contributed by atoms with van der Waals surface area (Å²) in [6, 6.07) is 3.43. The van der Waals surface area contributed by atoms with Gasteiger partial charge >= 0.3 is 5.69 Å². The fraction of sp³-hybridized carbons (Fsp3) is 0. The molecule has 0 spiro atoms. The standard InChI is InChI=1S/C9H5F2N3O2/c10-6-3-1-2-5(8(6)11)9-7(14(15)16)4-12-13-9/h1-4H,(H,12,13). The number of nitrogens with one attached hydrogen (secondary N) is 1. The van der Waals surface area contributed by atoms with E-state index in [1.54, 1.807) is 0 Å². The van der Waals surface area contributed by atoms with E-state index in [2.05, 4.69) is 10.2 Å². The second-order valence-corrected chi connectivity index (χ2v) is 2.99. The number of nitrogens with zero attached hydrogens (tertiary/aromatic N) is 2. The fourth-order valence-corrected chi connectivity index (χ4v) is 1.31. The Morgan fingerprint density at radius 3 is 2.81 bits per heavy atom. The summed E-state index contributed by atoms with van der Waals surface area (Å²) in [5, 5.41) is 16.3. The van der Waals surface area contributed by atoms with Crippen LogP contribution >= 0.6 is 0 Å². The molecule has 0 unspecified atom stereocenters. The first-order valence-electron chi connectivity index (χ1n) is 4.23. The summed E-state index contributed by atoms with van der Waals surface area (Å²) < 4.78 is 26.3. The first-order valence-corrected chi connectivity index (χ1v) is 4.23. The van der Waals surface area contributed by atoms with Crippen molar-refractivity contribution in [1.82, 2.24) is 10.2 Å². The summed E-state index contributed by atoms with van der Waals surface area (Å²) in [7, 11) is 0. The third-order valence-corrected chi connectivity index (χ3v) is 2.04. The van der Waals surface area contributed by atoms with Gasteiger partial charge < -0.3 is 0 Å². The topological polar surface area (TPSA) is 71.8 Å². The lowest BCUT2D eigenvalue weighted by Crippen LogP contribution is -1.93. The second-order valence-electron chi connectivity index (χ2n) is 2.99. The normalized spacial score (nSPS) is 10.4. The van der Waals surface area contributed by atoms with E-state index in [4.69, 9.17) is 0 Å². The first kappa shape index (κ1) is 10.2. The zero-order chi connectivity index (χ0) is 11.7. The largest absolute Gasteiger partial charge is 0.314 e.